The lowest BCUT2D eigenvalue weighted by Crippen LogP contribution is -2.14. The molecule has 104 valence electrons. The molecule has 0 atom stereocenters. The summed E-state index contributed by atoms with van der Waals surface area (Å²) in [6.45, 7) is 0. The topological polar surface area (TPSA) is 93.6 Å². The monoisotopic (exact) mass is 280 g/mol. The number of hydrogen-bond donors (Lipinski definition) is 2. The molecule has 0 fully saturated rings. The summed E-state index contributed by atoms with van der Waals surface area (Å²) in [5, 5.41) is 12.8. The first-order valence-electron chi connectivity index (χ1n) is 6.22. The number of nitrogens with two attached hydrogens (primary N) is 1. The largest absolute Gasteiger partial charge is 0.455 e. The number of rotatable bonds is 3. The van der Waals surface area contributed by atoms with Crippen LogP contribution < -0.4 is 10.5 Å². The van der Waals surface area contributed by atoms with Crippen LogP contribution in [0.15, 0.2) is 60.1 Å². The van der Waals surface area contributed by atoms with Gasteiger partial charge in [-0.15, -0.1) is 0 Å². The van der Waals surface area contributed by atoms with Crippen molar-refractivity contribution in [1.82, 2.24) is 9.97 Å². The molecule has 6 heteroatoms. The second kappa shape index (κ2) is 5.46. The third-order valence-corrected chi connectivity index (χ3v) is 2.97. The first-order valence-corrected chi connectivity index (χ1v) is 6.22. The standard InChI is InChI=1S/C15H12N4O2/c16-15(19-20)12-5-7-17-9-14(12)21-11-4-3-10-2-1-6-18-13(10)8-11/h1-9,20H,(H2,16,19). The van der Waals surface area contributed by atoms with Gasteiger partial charge >= 0.3 is 0 Å². The van der Waals surface area contributed by atoms with Gasteiger partial charge in [0.15, 0.2) is 11.6 Å². The van der Waals surface area contributed by atoms with Crippen LogP contribution in [0.25, 0.3) is 10.9 Å². The highest BCUT2D eigenvalue weighted by Gasteiger charge is 2.09. The summed E-state index contributed by atoms with van der Waals surface area (Å²) < 4.78 is 5.77. The number of hydrogen-bond acceptors (Lipinski definition) is 5. The minimum atomic E-state index is -0.0358. The lowest BCUT2D eigenvalue weighted by Gasteiger charge is -2.10. The summed E-state index contributed by atoms with van der Waals surface area (Å²) in [5.41, 5.74) is 6.91. The van der Waals surface area contributed by atoms with Gasteiger partial charge in [-0.2, -0.15) is 0 Å². The number of amidine groups is 1. The second-order valence-electron chi connectivity index (χ2n) is 4.32. The Morgan fingerprint density at radius 1 is 1.19 bits per heavy atom. The molecule has 0 spiro atoms. The lowest BCUT2D eigenvalue weighted by molar-refractivity contribution is 0.318. The van der Waals surface area contributed by atoms with Crippen LogP contribution in [0.2, 0.25) is 0 Å². The lowest BCUT2D eigenvalue weighted by atomic mass is 10.2. The van der Waals surface area contributed by atoms with Crippen molar-refractivity contribution in [2.24, 2.45) is 10.9 Å². The van der Waals surface area contributed by atoms with E-state index in [1.807, 2.05) is 30.3 Å². The van der Waals surface area contributed by atoms with Gasteiger partial charge in [0.1, 0.15) is 5.75 Å². The van der Waals surface area contributed by atoms with Gasteiger partial charge in [-0.05, 0) is 24.3 Å². The average Bonchev–Trinajstić information content (AvgIpc) is 2.54. The van der Waals surface area contributed by atoms with E-state index in [-0.39, 0.29) is 5.84 Å². The Labute approximate surface area is 120 Å². The average molecular weight is 280 g/mol. The van der Waals surface area contributed by atoms with E-state index in [4.69, 9.17) is 15.7 Å². The van der Waals surface area contributed by atoms with E-state index >= 15 is 0 Å². The van der Waals surface area contributed by atoms with E-state index in [2.05, 4.69) is 15.1 Å². The van der Waals surface area contributed by atoms with Crippen molar-refractivity contribution in [1.29, 1.82) is 0 Å². The quantitative estimate of drug-likeness (QED) is 0.333. The van der Waals surface area contributed by atoms with Gasteiger partial charge in [-0.3, -0.25) is 9.97 Å². The molecular weight excluding hydrogens is 268 g/mol. The van der Waals surface area contributed by atoms with Crippen LogP contribution in [-0.4, -0.2) is 21.0 Å². The molecule has 0 amide bonds. The molecule has 2 heterocycles. The minimum absolute atomic E-state index is 0.0358. The molecule has 0 saturated carbocycles. The molecule has 3 aromatic rings. The van der Waals surface area contributed by atoms with E-state index in [1.54, 1.807) is 18.5 Å². The fraction of sp³-hybridized carbons (Fsp3) is 0. The van der Waals surface area contributed by atoms with Gasteiger partial charge in [-0.25, -0.2) is 0 Å². The SMILES string of the molecule is N/C(=N/O)c1ccncc1Oc1ccc2cccnc2c1. The zero-order valence-electron chi connectivity index (χ0n) is 11.0. The van der Waals surface area contributed by atoms with Crippen LogP contribution in [0.1, 0.15) is 5.56 Å². The number of aromatic nitrogens is 2. The minimum Gasteiger partial charge on any atom is -0.455 e. The van der Waals surface area contributed by atoms with Crippen LogP contribution >= 0.6 is 0 Å². The summed E-state index contributed by atoms with van der Waals surface area (Å²) in [6, 6.07) is 11.0. The first-order chi connectivity index (χ1) is 10.3. The normalized spacial score (nSPS) is 11.5. The number of ether oxygens (including phenoxy) is 1. The van der Waals surface area contributed by atoms with E-state index < -0.39 is 0 Å². The summed E-state index contributed by atoms with van der Waals surface area (Å²) in [5.74, 6) is 0.968. The molecule has 6 nitrogen and oxygen atoms in total. The molecule has 3 N–H and O–H groups in total. The number of nitrogens with zero attached hydrogens (tertiary/aromatic N) is 3. The molecule has 3 rings (SSSR count). The van der Waals surface area contributed by atoms with Crippen molar-refractivity contribution >= 4 is 16.7 Å². The fourth-order valence-electron chi connectivity index (χ4n) is 1.96. The van der Waals surface area contributed by atoms with E-state index in [1.165, 1.54) is 6.20 Å². The van der Waals surface area contributed by atoms with Crippen LogP contribution in [0.4, 0.5) is 0 Å². The predicted molar refractivity (Wildman–Crippen MR) is 78.6 cm³/mol. The zero-order valence-corrected chi connectivity index (χ0v) is 11.0. The maximum absolute atomic E-state index is 8.80. The third-order valence-electron chi connectivity index (χ3n) is 2.97. The summed E-state index contributed by atoms with van der Waals surface area (Å²) in [7, 11) is 0. The Kier molecular flexibility index (Phi) is 3.34. The molecule has 0 aliphatic heterocycles. The summed E-state index contributed by atoms with van der Waals surface area (Å²) in [4.78, 5) is 8.26. The second-order valence-corrected chi connectivity index (χ2v) is 4.32. The number of benzene rings is 1. The van der Waals surface area contributed by atoms with Crippen molar-refractivity contribution in [3.8, 4) is 11.5 Å². The van der Waals surface area contributed by atoms with Crippen molar-refractivity contribution in [3.05, 3.63) is 60.6 Å². The molecule has 21 heavy (non-hydrogen) atoms. The number of fused-ring (bicyclic) bond motifs is 1. The number of pyridine rings is 2. The molecule has 0 radical (unpaired) electrons. The highest BCUT2D eigenvalue weighted by Crippen LogP contribution is 2.26. The van der Waals surface area contributed by atoms with Crippen LogP contribution in [-0.2, 0) is 0 Å². The van der Waals surface area contributed by atoms with Crippen molar-refractivity contribution in [3.63, 3.8) is 0 Å². The van der Waals surface area contributed by atoms with Crippen molar-refractivity contribution < 1.29 is 9.94 Å². The van der Waals surface area contributed by atoms with E-state index in [0.717, 1.165) is 10.9 Å². The Bertz CT molecular complexity index is 817. The Balaban J connectivity index is 1.99. The molecule has 0 unspecified atom stereocenters. The maximum Gasteiger partial charge on any atom is 0.173 e. The van der Waals surface area contributed by atoms with Gasteiger partial charge in [0.25, 0.3) is 0 Å². The van der Waals surface area contributed by atoms with E-state index in [9.17, 15) is 0 Å². The van der Waals surface area contributed by atoms with Crippen LogP contribution in [0.5, 0.6) is 11.5 Å². The third kappa shape index (κ3) is 2.59. The Morgan fingerprint density at radius 3 is 2.95 bits per heavy atom. The summed E-state index contributed by atoms with van der Waals surface area (Å²) in [6.07, 6.45) is 4.77. The summed E-state index contributed by atoms with van der Waals surface area (Å²) >= 11 is 0. The first kappa shape index (κ1) is 12.9. The molecular formula is C15H12N4O2. The number of oxime groups is 1. The Morgan fingerprint density at radius 2 is 2.10 bits per heavy atom. The molecule has 0 aliphatic rings. The van der Waals surface area contributed by atoms with Gasteiger partial charge in [0.05, 0.1) is 17.3 Å². The van der Waals surface area contributed by atoms with Gasteiger partial charge in [0, 0.05) is 23.8 Å². The van der Waals surface area contributed by atoms with Crippen LogP contribution in [0, 0.1) is 0 Å². The fourth-order valence-corrected chi connectivity index (χ4v) is 1.96. The molecule has 0 bridgehead atoms. The van der Waals surface area contributed by atoms with Crippen LogP contribution in [0.3, 0.4) is 0 Å². The predicted octanol–water partition coefficient (Wildman–Crippen LogP) is 2.52. The van der Waals surface area contributed by atoms with Gasteiger partial charge in [0.2, 0.25) is 0 Å². The maximum atomic E-state index is 8.80. The Hall–Kier alpha value is -3.15. The van der Waals surface area contributed by atoms with Crippen molar-refractivity contribution in [2.45, 2.75) is 0 Å². The van der Waals surface area contributed by atoms with Gasteiger partial charge in [-0.1, -0.05) is 11.2 Å². The smallest absolute Gasteiger partial charge is 0.173 e. The van der Waals surface area contributed by atoms with Gasteiger partial charge < -0.3 is 15.7 Å². The molecule has 0 aliphatic carbocycles. The van der Waals surface area contributed by atoms with Crippen molar-refractivity contribution in [2.75, 3.05) is 0 Å². The molecule has 0 saturated heterocycles. The zero-order chi connectivity index (χ0) is 14.7. The molecule has 1 aromatic carbocycles. The van der Waals surface area contributed by atoms with E-state index in [0.29, 0.717) is 17.1 Å². The highest BCUT2D eigenvalue weighted by atomic mass is 16.5. The molecule has 2 aromatic heterocycles. The highest BCUT2D eigenvalue weighted by molar-refractivity contribution is 5.99.